The summed E-state index contributed by atoms with van der Waals surface area (Å²) in [4.78, 5) is 25.4. The first-order chi connectivity index (χ1) is 14.0. The normalized spacial score (nSPS) is 19.1. The van der Waals surface area contributed by atoms with Crippen LogP contribution in [0.15, 0.2) is 42.5 Å². The van der Waals surface area contributed by atoms with E-state index in [1.807, 2.05) is 0 Å². The zero-order valence-corrected chi connectivity index (χ0v) is 15.9. The van der Waals surface area contributed by atoms with E-state index in [0.29, 0.717) is 5.56 Å². The summed E-state index contributed by atoms with van der Waals surface area (Å²) < 4.78 is 56.8. The first-order valence-electron chi connectivity index (χ1n) is 8.61. The van der Waals surface area contributed by atoms with Crippen molar-refractivity contribution >= 4 is 29.3 Å². The standard InChI is InChI=1S/C19H15ClF4N2O4/c20-13-6-11(7-14(21)9-13)10-25-17(28)30-18(29)4-5-26(16(18)27)15-3-1-2-12(8-15)19(22,23)24/h1-3,6-9,29H,4-5,10H2,(H,25,28)/t18-/m0/s1. The van der Waals surface area contributed by atoms with Gasteiger partial charge in [0.25, 0.3) is 11.7 Å². The average Bonchev–Trinajstić information content (AvgIpc) is 2.93. The molecule has 1 saturated heterocycles. The smallest absolute Gasteiger partial charge is 0.407 e. The molecule has 2 amide bonds. The lowest BCUT2D eigenvalue weighted by atomic mass is 10.2. The highest BCUT2D eigenvalue weighted by molar-refractivity contribution is 6.30. The Morgan fingerprint density at radius 1 is 1.27 bits per heavy atom. The Balaban J connectivity index is 1.66. The van der Waals surface area contributed by atoms with Crippen LogP contribution in [-0.4, -0.2) is 29.4 Å². The molecule has 2 aromatic rings. The lowest BCUT2D eigenvalue weighted by molar-refractivity contribution is -0.175. The Labute approximate surface area is 173 Å². The molecule has 160 valence electrons. The Morgan fingerprint density at radius 3 is 2.67 bits per heavy atom. The third-order valence-electron chi connectivity index (χ3n) is 4.36. The van der Waals surface area contributed by atoms with Gasteiger partial charge in [-0.05, 0) is 42.0 Å². The monoisotopic (exact) mass is 446 g/mol. The van der Waals surface area contributed by atoms with E-state index >= 15 is 0 Å². The van der Waals surface area contributed by atoms with Crippen LogP contribution in [0.5, 0.6) is 0 Å². The molecule has 1 atom stereocenters. The van der Waals surface area contributed by atoms with Crippen LogP contribution < -0.4 is 10.2 Å². The summed E-state index contributed by atoms with van der Waals surface area (Å²) in [5.41, 5.74) is -0.743. The largest absolute Gasteiger partial charge is 0.416 e. The van der Waals surface area contributed by atoms with E-state index < -0.39 is 35.3 Å². The first kappa shape index (κ1) is 21.8. The highest BCUT2D eigenvalue weighted by Crippen LogP contribution is 2.34. The number of alkyl halides is 3. The number of hydrogen-bond acceptors (Lipinski definition) is 4. The molecule has 0 radical (unpaired) electrons. The number of carbonyl (C=O) groups excluding carboxylic acids is 2. The fourth-order valence-corrected chi connectivity index (χ4v) is 3.19. The Kier molecular flexibility index (Phi) is 5.91. The molecule has 11 heteroatoms. The molecule has 3 rings (SSSR count). The van der Waals surface area contributed by atoms with Crippen molar-refractivity contribution < 1.29 is 37.0 Å². The van der Waals surface area contributed by atoms with E-state index in [1.54, 1.807) is 0 Å². The predicted octanol–water partition coefficient (Wildman–Crippen LogP) is 3.85. The van der Waals surface area contributed by atoms with Gasteiger partial charge in [-0.15, -0.1) is 0 Å². The van der Waals surface area contributed by atoms with E-state index in [0.717, 1.165) is 35.2 Å². The van der Waals surface area contributed by atoms with Gasteiger partial charge in [-0.1, -0.05) is 17.7 Å². The molecule has 1 aliphatic rings. The SMILES string of the molecule is O=C(NCc1cc(F)cc(Cl)c1)O[C@@]1(O)CCN(c2cccc(C(F)(F)F)c2)C1=O. The fourth-order valence-electron chi connectivity index (χ4n) is 2.95. The molecule has 0 saturated carbocycles. The molecule has 0 spiro atoms. The lowest BCUT2D eigenvalue weighted by Gasteiger charge is -2.23. The van der Waals surface area contributed by atoms with Crippen molar-refractivity contribution in [1.29, 1.82) is 0 Å². The number of aliphatic hydroxyl groups is 1. The Hall–Kier alpha value is -2.85. The molecule has 2 N–H and O–H groups in total. The molecular weight excluding hydrogens is 432 g/mol. The summed E-state index contributed by atoms with van der Waals surface area (Å²) >= 11 is 5.71. The molecule has 0 aromatic heterocycles. The number of amides is 2. The second kappa shape index (κ2) is 8.11. The van der Waals surface area contributed by atoms with Crippen LogP contribution in [0.4, 0.5) is 28.0 Å². The summed E-state index contributed by atoms with van der Waals surface area (Å²) in [6.07, 6.45) is -6.12. The van der Waals surface area contributed by atoms with Crippen molar-refractivity contribution in [2.24, 2.45) is 0 Å². The Bertz CT molecular complexity index is 965. The van der Waals surface area contributed by atoms with Crippen LogP contribution in [-0.2, 0) is 22.3 Å². The van der Waals surface area contributed by atoms with Gasteiger partial charge in [0.15, 0.2) is 0 Å². The van der Waals surface area contributed by atoms with Crippen molar-refractivity contribution in [2.75, 3.05) is 11.4 Å². The molecule has 1 heterocycles. The number of alkyl carbamates (subject to hydrolysis) is 1. The molecule has 2 aromatic carbocycles. The number of anilines is 1. The lowest BCUT2D eigenvalue weighted by Crippen LogP contribution is -2.46. The number of nitrogens with zero attached hydrogens (tertiary/aromatic N) is 1. The minimum Gasteiger partial charge on any atom is -0.407 e. The summed E-state index contributed by atoms with van der Waals surface area (Å²) in [5, 5.41) is 12.8. The van der Waals surface area contributed by atoms with E-state index in [1.165, 1.54) is 12.1 Å². The van der Waals surface area contributed by atoms with Gasteiger partial charge in [0, 0.05) is 30.2 Å². The van der Waals surface area contributed by atoms with Crippen LogP contribution in [0.25, 0.3) is 0 Å². The van der Waals surface area contributed by atoms with Crippen molar-refractivity contribution in [3.05, 3.63) is 64.4 Å². The molecular formula is C19H15ClF4N2O4. The summed E-state index contributed by atoms with van der Waals surface area (Å²) in [6.45, 7) is -0.360. The molecule has 0 unspecified atom stereocenters. The number of benzene rings is 2. The zero-order chi connectivity index (χ0) is 22.1. The molecule has 6 nitrogen and oxygen atoms in total. The van der Waals surface area contributed by atoms with E-state index in [-0.39, 0.29) is 30.2 Å². The quantitative estimate of drug-likeness (QED) is 0.552. The number of hydrogen-bond donors (Lipinski definition) is 2. The summed E-state index contributed by atoms with van der Waals surface area (Å²) in [7, 11) is 0. The van der Waals surface area contributed by atoms with Crippen LogP contribution in [0.1, 0.15) is 17.5 Å². The van der Waals surface area contributed by atoms with Gasteiger partial charge >= 0.3 is 12.3 Å². The van der Waals surface area contributed by atoms with E-state index in [2.05, 4.69) is 5.32 Å². The number of rotatable bonds is 4. The first-order valence-corrected chi connectivity index (χ1v) is 8.99. The summed E-state index contributed by atoms with van der Waals surface area (Å²) in [6, 6.07) is 7.60. The molecule has 0 bridgehead atoms. The van der Waals surface area contributed by atoms with Crippen molar-refractivity contribution in [3.8, 4) is 0 Å². The predicted molar refractivity (Wildman–Crippen MR) is 98.1 cm³/mol. The molecule has 0 aliphatic carbocycles. The number of carbonyl (C=O) groups is 2. The highest BCUT2D eigenvalue weighted by Gasteiger charge is 2.49. The molecule has 1 aliphatic heterocycles. The number of nitrogens with one attached hydrogen (secondary N) is 1. The third kappa shape index (κ3) is 4.82. The summed E-state index contributed by atoms with van der Waals surface area (Å²) in [5.74, 6) is -4.24. The van der Waals surface area contributed by atoms with Gasteiger partial charge in [-0.25, -0.2) is 9.18 Å². The van der Waals surface area contributed by atoms with Gasteiger partial charge in [-0.2, -0.15) is 13.2 Å². The van der Waals surface area contributed by atoms with Crippen molar-refractivity contribution in [1.82, 2.24) is 5.32 Å². The highest BCUT2D eigenvalue weighted by atomic mass is 35.5. The number of ether oxygens (including phenoxy) is 1. The third-order valence-corrected chi connectivity index (χ3v) is 4.58. The van der Waals surface area contributed by atoms with Crippen LogP contribution in [0, 0.1) is 5.82 Å². The Morgan fingerprint density at radius 2 is 2.00 bits per heavy atom. The molecule has 1 fully saturated rings. The van der Waals surface area contributed by atoms with Gasteiger partial charge in [0.05, 0.1) is 5.56 Å². The van der Waals surface area contributed by atoms with Gasteiger partial charge in [0.2, 0.25) is 0 Å². The van der Waals surface area contributed by atoms with Gasteiger partial charge < -0.3 is 20.1 Å². The maximum atomic E-state index is 13.3. The maximum absolute atomic E-state index is 13.3. The van der Waals surface area contributed by atoms with Crippen molar-refractivity contribution in [3.63, 3.8) is 0 Å². The van der Waals surface area contributed by atoms with Crippen LogP contribution >= 0.6 is 11.6 Å². The van der Waals surface area contributed by atoms with Crippen LogP contribution in [0.3, 0.4) is 0 Å². The minimum absolute atomic E-state index is 0.0934. The van der Waals surface area contributed by atoms with E-state index in [4.69, 9.17) is 16.3 Å². The maximum Gasteiger partial charge on any atom is 0.416 e. The van der Waals surface area contributed by atoms with Gasteiger partial charge in [0.1, 0.15) is 5.82 Å². The minimum atomic E-state index is -4.61. The number of halogens is 5. The topological polar surface area (TPSA) is 78.9 Å². The second-order valence-electron chi connectivity index (χ2n) is 6.56. The van der Waals surface area contributed by atoms with Crippen LogP contribution in [0.2, 0.25) is 5.02 Å². The van der Waals surface area contributed by atoms with Crippen molar-refractivity contribution in [2.45, 2.75) is 24.9 Å². The van der Waals surface area contributed by atoms with Gasteiger partial charge in [-0.3, -0.25) is 4.79 Å². The fraction of sp³-hybridized carbons (Fsp3) is 0.263. The molecule has 30 heavy (non-hydrogen) atoms. The zero-order valence-electron chi connectivity index (χ0n) is 15.2. The van der Waals surface area contributed by atoms with E-state index in [9.17, 15) is 32.3 Å². The average molecular weight is 447 g/mol. The second-order valence-corrected chi connectivity index (χ2v) is 7.00.